The van der Waals surface area contributed by atoms with Gasteiger partial charge in [0.15, 0.2) is 5.78 Å². The fourth-order valence-corrected chi connectivity index (χ4v) is 2.40. The average molecular weight is 290 g/mol. The molecule has 0 saturated heterocycles. The van der Waals surface area contributed by atoms with E-state index in [-0.39, 0.29) is 6.42 Å². The number of ether oxygens (including phenoxy) is 1. The van der Waals surface area contributed by atoms with Gasteiger partial charge in [-0.15, -0.1) is 0 Å². The second-order valence-electron chi connectivity index (χ2n) is 4.77. The molecule has 1 aliphatic carbocycles. The molecule has 0 saturated carbocycles. The van der Waals surface area contributed by atoms with Crippen molar-refractivity contribution in [3.63, 3.8) is 0 Å². The highest BCUT2D eigenvalue weighted by Crippen LogP contribution is 2.34. The molecule has 0 amide bonds. The van der Waals surface area contributed by atoms with Crippen LogP contribution in [0, 0.1) is 11.8 Å². The van der Waals surface area contributed by atoms with Crippen LogP contribution in [0.3, 0.4) is 0 Å². The minimum Gasteiger partial charge on any atom is -0.497 e. The predicted octanol–water partition coefficient (Wildman–Crippen LogP) is 1.45. The summed E-state index contributed by atoms with van der Waals surface area (Å²) in [7, 11) is 1.52. The Bertz CT molecular complexity index is 614. The topological polar surface area (TPSA) is 101 Å². The maximum Gasteiger partial charge on any atom is 0.315 e. The van der Waals surface area contributed by atoms with Crippen molar-refractivity contribution in [2.75, 3.05) is 7.11 Å². The first kappa shape index (κ1) is 14.8. The Morgan fingerprint density at radius 2 is 1.76 bits per heavy atom. The smallest absolute Gasteiger partial charge is 0.315 e. The fourth-order valence-electron chi connectivity index (χ4n) is 2.40. The van der Waals surface area contributed by atoms with E-state index in [4.69, 9.17) is 14.9 Å². The first-order chi connectivity index (χ1) is 9.93. The quantitative estimate of drug-likeness (QED) is 0.814. The zero-order valence-corrected chi connectivity index (χ0v) is 11.3. The Kier molecular flexibility index (Phi) is 4.07. The molecule has 1 aliphatic rings. The average Bonchev–Trinajstić information content (AvgIpc) is 2.46. The molecule has 2 N–H and O–H groups in total. The molecule has 0 spiro atoms. The molecule has 110 valence electrons. The molecule has 6 nitrogen and oxygen atoms in total. The highest BCUT2D eigenvalue weighted by atomic mass is 16.5. The molecule has 0 fully saturated rings. The normalized spacial score (nSPS) is 21.6. The number of hydrogen-bond donors (Lipinski definition) is 2. The van der Waals surface area contributed by atoms with Crippen LogP contribution in [0.1, 0.15) is 12.0 Å². The number of aliphatic carboxylic acids is 2. The van der Waals surface area contributed by atoms with Gasteiger partial charge >= 0.3 is 11.9 Å². The zero-order chi connectivity index (χ0) is 15.6. The second kappa shape index (κ2) is 5.78. The van der Waals surface area contributed by atoms with Crippen molar-refractivity contribution in [3.8, 4) is 5.75 Å². The molecule has 0 aromatic heterocycles. The summed E-state index contributed by atoms with van der Waals surface area (Å²) in [5, 5.41) is 18.2. The number of benzene rings is 1. The van der Waals surface area contributed by atoms with Gasteiger partial charge in [0.2, 0.25) is 0 Å². The number of hydrogen-bond acceptors (Lipinski definition) is 4. The van der Waals surface area contributed by atoms with Crippen molar-refractivity contribution in [2.24, 2.45) is 11.8 Å². The number of rotatable bonds is 4. The van der Waals surface area contributed by atoms with Gasteiger partial charge in [0.05, 0.1) is 13.0 Å². The summed E-state index contributed by atoms with van der Waals surface area (Å²) in [4.78, 5) is 34.2. The first-order valence-corrected chi connectivity index (χ1v) is 6.28. The van der Waals surface area contributed by atoms with E-state index in [1.54, 1.807) is 24.3 Å². The van der Waals surface area contributed by atoms with E-state index in [2.05, 4.69) is 0 Å². The highest BCUT2D eigenvalue weighted by molar-refractivity contribution is 6.12. The Balaban J connectivity index is 2.37. The number of carbonyl (C=O) groups is 3. The van der Waals surface area contributed by atoms with Crippen LogP contribution < -0.4 is 4.74 Å². The Hall–Kier alpha value is -2.63. The van der Waals surface area contributed by atoms with Crippen molar-refractivity contribution >= 4 is 23.3 Å². The van der Waals surface area contributed by atoms with Crippen LogP contribution >= 0.6 is 0 Å². The maximum absolute atomic E-state index is 11.9. The van der Waals surface area contributed by atoms with E-state index in [1.807, 2.05) is 0 Å². The van der Waals surface area contributed by atoms with Crippen LogP contribution in [0.25, 0.3) is 5.57 Å². The summed E-state index contributed by atoms with van der Waals surface area (Å²) in [5.41, 5.74) is 1.20. The van der Waals surface area contributed by atoms with Crippen LogP contribution in [-0.4, -0.2) is 35.0 Å². The van der Waals surface area contributed by atoms with Gasteiger partial charge in [0, 0.05) is 0 Å². The van der Waals surface area contributed by atoms with E-state index in [9.17, 15) is 14.4 Å². The molecule has 0 heterocycles. The fraction of sp³-hybridized carbons (Fsp3) is 0.267. The van der Waals surface area contributed by atoms with E-state index < -0.39 is 29.6 Å². The van der Waals surface area contributed by atoms with E-state index in [0.717, 1.165) is 0 Å². The molecular weight excluding hydrogens is 276 g/mol. The lowest BCUT2D eigenvalue weighted by Crippen LogP contribution is -2.37. The van der Waals surface area contributed by atoms with Gasteiger partial charge in [-0.25, -0.2) is 0 Å². The van der Waals surface area contributed by atoms with Gasteiger partial charge in [-0.2, -0.15) is 0 Å². The summed E-state index contributed by atoms with van der Waals surface area (Å²) in [6.07, 6.45) is 1.23. The minimum absolute atomic E-state index is 0.00433. The monoisotopic (exact) mass is 290 g/mol. The lowest BCUT2D eigenvalue weighted by Gasteiger charge is -2.24. The van der Waals surface area contributed by atoms with Gasteiger partial charge in [-0.3, -0.25) is 14.4 Å². The third-order valence-electron chi connectivity index (χ3n) is 3.51. The van der Waals surface area contributed by atoms with Crippen LogP contribution in [0.4, 0.5) is 0 Å². The van der Waals surface area contributed by atoms with Gasteiger partial charge in [-0.05, 0) is 35.8 Å². The summed E-state index contributed by atoms with van der Waals surface area (Å²) in [6.45, 7) is 0. The third-order valence-corrected chi connectivity index (χ3v) is 3.51. The van der Waals surface area contributed by atoms with Crippen molar-refractivity contribution in [3.05, 3.63) is 35.9 Å². The lowest BCUT2D eigenvalue weighted by atomic mass is 9.77. The Labute approximate surface area is 120 Å². The van der Waals surface area contributed by atoms with E-state index in [0.29, 0.717) is 16.9 Å². The first-order valence-electron chi connectivity index (χ1n) is 6.28. The summed E-state index contributed by atoms with van der Waals surface area (Å²) in [6, 6.07) is 6.80. The molecular formula is C15H14O6. The molecule has 1 aromatic rings. The number of carbonyl (C=O) groups excluding carboxylic acids is 1. The number of carboxylic acids is 2. The van der Waals surface area contributed by atoms with Gasteiger partial charge in [-0.1, -0.05) is 12.1 Å². The van der Waals surface area contributed by atoms with Crippen molar-refractivity contribution in [2.45, 2.75) is 6.42 Å². The lowest BCUT2D eigenvalue weighted by molar-refractivity contribution is -0.156. The second-order valence-corrected chi connectivity index (χ2v) is 4.77. The molecule has 0 aliphatic heterocycles. The third kappa shape index (κ3) is 2.94. The van der Waals surface area contributed by atoms with Crippen LogP contribution in [-0.2, 0) is 14.4 Å². The molecule has 0 radical (unpaired) electrons. The zero-order valence-electron chi connectivity index (χ0n) is 11.3. The molecule has 0 bridgehead atoms. The van der Waals surface area contributed by atoms with Crippen LogP contribution in [0.2, 0.25) is 0 Å². The number of ketones is 1. The van der Waals surface area contributed by atoms with E-state index in [1.165, 1.54) is 13.2 Å². The summed E-state index contributed by atoms with van der Waals surface area (Å²) in [5.74, 6) is -5.51. The molecule has 6 heteroatoms. The van der Waals surface area contributed by atoms with Crippen LogP contribution in [0.15, 0.2) is 30.3 Å². The summed E-state index contributed by atoms with van der Waals surface area (Å²) < 4.78 is 5.03. The van der Waals surface area contributed by atoms with Crippen LogP contribution in [0.5, 0.6) is 5.75 Å². The molecule has 21 heavy (non-hydrogen) atoms. The predicted molar refractivity (Wildman–Crippen MR) is 72.8 cm³/mol. The SMILES string of the molecule is COc1ccc(C2=CC(=O)C(C(=O)O)C(C(=O)O)C2)cc1. The standard InChI is InChI=1S/C15H14O6/c1-21-10-4-2-8(3-5-10)9-6-11(14(17)18)13(15(19)20)12(16)7-9/h2-5,7,11,13H,6H2,1H3,(H,17,18)(H,19,20). The molecule has 2 atom stereocenters. The van der Waals surface area contributed by atoms with Crippen molar-refractivity contribution < 1.29 is 29.3 Å². The van der Waals surface area contributed by atoms with E-state index >= 15 is 0 Å². The molecule has 2 unspecified atom stereocenters. The largest absolute Gasteiger partial charge is 0.497 e. The maximum atomic E-state index is 11.9. The van der Waals surface area contributed by atoms with Gasteiger partial charge < -0.3 is 14.9 Å². The molecule has 2 rings (SSSR count). The van der Waals surface area contributed by atoms with Gasteiger partial charge in [0.1, 0.15) is 11.7 Å². The highest BCUT2D eigenvalue weighted by Gasteiger charge is 2.41. The number of carboxylic acid groups (broad SMARTS) is 2. The number of methoxy groups -OCH3 is 1. The van der Waals surface area contributed by atoms with Crippen molar-refractivity contribution in [1.29, 1.82) is 0 Å². The Morgan fingerprint density at radius 1 is 1.14 bits per heavy atom. The Morgan fingerprint density at radius 3 is 2.24 bits per heavy atom. The van der Waals surface area contributed by atoms with Crippen molar-refractivity contribution in [1.82, 2.24) is 0 Å². The number of allylic oxidation sites excluding steroid dienone is 2. The summed E-state index contributed by atoms with van der Waals surface area (Å²) >= 11 is 0. The minimum atomic E-state index is -1.52. The van der Waals surface area contributed by atoms with Gasteiger partial charge in [0.25, 0.3) is 0 Å². The molecule has 1 aromatic carbocycles.